The van der Waals surface area contributed by atoms with E-state index in [-0.39, 0.29) is 34.4 Å². The minimum absolute atomic E-state index is 0.124. The maximum Gasteiger partial charge on any atom is 0.250 e. The van der Waals surface area contributed by atoms with Gasteiger partial charge in [-0.15, -0.1) is 10.2 Å². The predicted octanol–water partition coefficient (Wildman–Crippen LogP) is 4.32. The highest BCUT2D eigenvalue weighted by Gasteiger charge is 2.44. The number of phenolic OH excluding ortho intramolecular Hbond substituents is 1. The van der Waals surface area contributed by atoms with Gasteiger partial charge in [0.25, 0.3) is 5.56 Å². The third kappa shape index (κ3) is 3.87. The molecular formula is C25H26F2N4O2. The summed E-state index contributed by atoms with van der Waals surface area (Å²) >= 11 is 0. The monoisotopic (exact) mass is 452 g/mol. The molecule has 0 radical (unpaired) electrons. The van der Waals surface area contributed by atoms with Crippen molar-refractivity contribution in [2.24, 2.45) is 18.9 Å². The Hall–Kier alpha value is -3.29. The van der Waals surface area contributed by atoms with Crippen molar-refractivity contribution in [1.82, 2.24) is 14.8 Å². The average molecular weight is 453 g/mol. The number of halogens is 2. The normalized spacial score (nSPS) is 24.1. The molecule has 0 unspecified atom stereocenters. The van der Waals surface area contributed by atoms with Crippen LogP contribution in [0.25, 0.3) is 22.4 Å². The van der Waals surface area contributed by atoms with E-state index in [2.05, 4.69) is 10.2 Å². The second kappa shape index (κ2) is 8.24. The predicted molar refractivity (Wildman–Crippen MR) is 122 cm³/mol. The van der Waals surface area contributed by atoms with Crippen LogP contribution in [0.1, 0.15) is 25.7 Å². The summed E-state index contributed by atoms with van der Waals surface area (Å²) in [6.07, 6.45) is 4.51. The lowest BCUT2D eigenvalue weighted by molar-refractivity contribution is 0.144. The Morgan fingerprint density at radius 3 is 2.64 bits per heavy atom. The number of aromatic nitrogens is 3. The van der Waals surface area contributed by atoms with Gasteiger partial charge in [0.2, 0.25) is 0 Å². The molecule has 2 heterocycles. The van der Waals surface area contributed by atoms with Gasteiger partial charge in [-0.1, -0.05) is 0 Å². The molecule has 0 aliphatic heterocycles. The quantitative estimate of drug-likeness (QED) is 0.639. The van der Waals surface area contributed by atoms with Gasteiger partial charge in [0.05, 0.1) is 11.7 Å². The molecule has 2 bridgehead atoms. The molecule has 33 heavy (non-hydrogen) atoms. The van der Waals surface area contributed by atoms with Crippen molar-refractivity contribution < 1.29 is 13.9 Å². The van der Waals surface area contributed by atoms with Crippen LogP contribution in [0.15, 0.2) is 47.4 Å². The van der Waals surface area contributed by atoms with Gasteiger partial charge in [-0.2, -0.15) is 0 Å². The highest BCUT2D eigenvalue weighted by Crippen LogP contribution is 2.45. The summed E-state index contributed by atoms with van der Waals surface area (Å²) in [5.41, 5.74) is 0.727. The number of aryl methyl sites for hydroxylation is 1. The molecule has 5 rings (SSSR count). The Bertz CT molecular complexity index is 1240. The van der Waals surface area contributed by atoms with Crippen molar-refractivity contribution in [3.8, 4) is 28.1 Å². The van der Waals surface area contributed by atoms with Gasteiger partial charge in [-0.05, 0) is 73.4 Å². The first kappa shape index (κ1) is 21.6. The Kier molecular flexibility index (Phi) is 5.38. The number of alkyl halides is 1. The fourth-order valence-electron chi connectivity index (χ4n) is 5.31. The molecule has 4 atom stereocenters. The highest BCUT2D eigenvalue weighted by molar-refractivity contribution is 5.74. The summed E-state index contributed by atoms with van der Waals surface area (Å²) in [5, 5.41) is 19.0. The van der Waals surface area contributed by atoms with E-state index < -0.39 is 12.0 Å². The van der Waals surface area contributed by atoms with Crippen molar-refractivity contribution in [3.05, 3.63) is 58.8 Å². The van der Waals surface area contributed by atoms with Gasteiger partial charge in [0, 0.05) is 37.5 Å². The van der Waals surface area contributed by atoms with Gasteiger partial charge in [-0.25, -0.2) is 8.78 Å². The number of benzene rings is 1. The van der Waals surface area contributed by atoms with Crippen LogP contribution in [0.3, 0.4) is 0 Å². The number of hydrogen-bond donors (Lipinski definition) is 1. The van der Waals surface area contributed by atoms with E-state index in [1.807, 2.05) is 11.9 Å². The summed E-state index contributed by atoms with van der Waals surface area (Å²) in [7, 11) is 3.44. The van der Waals surface area contributed by atoms with E-state index in [0.29, 0.717) is 23.0 Å². The van der Waals surface area contributed by atoms with E-state index in [1.165, 1.54) is 22.8 Å². The van der Waals surface area contributed by atoms with Crippen LogP contribution in [-0.4, -0.2) is 39.1 Å². The maximum absolute atomic E-state index is 15.0. The van der Waals surface area contributed by atoms with Crippen LogP contribution in [0, 0.1) is 17.7 Å². The van der Waals surface area contributed by atoms with Gasteiger partial charge < -0.3 is 14.6 Å². The number of pyridine rings is 1. The molecule has 8 heteroatoms. The number of anilines is 1. The van der Waals surface area contributed by atoms with Crippen LogP contribution in [0.4, 0.5) is 14.6 Å². The molecule has 2 saturated carbocycles. The zero-order valence-corrected chi connectivity index (χ0v) is 18.6. The van der Waals surface area contributed by atoms with E-state index in [0.717, 1.165) is 25.7 Å². The molecule has 0 spiro atoms. The number of nitrogens with zero attached hydrogens (tertiary/aromatic N) is 4. The zero-order valence-electron chi connectivity index (χ0n) is 18.6. The van der Waals surface area contributed by atoms with Gasteiger partial charge in [0.15, 0.2) is 5.82 Å². The molecule has 0 saturated heterocycles. The highest BCUT2D eigenvalue weighted by atomic mass is 19.1. The van der Waals surface area contributed by atoms with Crippen molar-refractivity contribution in [2.75, 3.05) is 11.9 Å². The summed E-state index contributed by atoms with van der Waals surface area (Å²) in [6, 6.07) is 8.54. The fraction of sp³-hybridized carbons (Fsp3) is 0.400. The lowest BCUT2D eigenvalue weighted by Crippen LogP contribution is -2.46. The molecule has 0 amide bonds. The van der Waals surface area contributed by atoms with Crippen molar-refractivity contribution >= 4 is 5.82 Å². The minimum atomic E-state index is -0.879. The molecule has 1 N–H and O–H groups in total. The second-order valence-corrected chi connectivity index (χ2v) is 9.29. The number of phenols is 1. The van der Waals surface area contributed by atoms with Crippen molar-refractivity contribution in [1.29, 1.82) is 0 Å². The van der Waals surface area contributed by atoms with Crippen LogP contribution < -0.4 is 10.5 Å². The van der Waals surface area contributed by atoms with Crippen LogP contribution in [0.5, 0.6) is 5.75 Å². The SMILES string of the molecule is CN(c1ccc(-c2cc(F)c(-c3ccn(C)c(=O)c3)cc2O)nn1)[C@@H]1C[C@H]2CC[C@H](C2)[C@@H]1F. The third-order valence-corrected chi connectivity index (χ3v) is 7.26. The number of aromatic hydroxyl groups is 1. The van der Waals surface area contributed by atoms with Crippen molar-refractivity contribution in [3.63, 3.8) is 0 Å². The van der Waals surface area contributed by atoms with Crippen LogP contribution in [-0.2, 0) is 7.05 Å². The lowest BCUT2D eigenvalue weighted by Gasteiger charge is -2.38. The first-order chi connectivity index (χ1) is 15.8. The molecule has 2 aliphatic carbocycles. The molecule has 6 nitrogen and oxygen atoms in total. The van der Waals surface area contributed by atoms with Crippen LogP contribution in [0.2, 0.25) is 0 Å². The Balaban J connectivity index is 1.40. The van der Waals surface area contributed by atoms with E-state index >= 15 is 0 Å². The molecule has 172 valence electrons. The van der Waals surface area contributed by atoms with Crippen LogP contribution >= 0.6 is 0 Å². The molecular weight excluding hydrogens is 426 g/mol. The van der Waals surface area contributed by atoms with Gasteiger partial charge in [-0.3, -0.25) is 4.79 Å². The Morgan fingerprint density at radius 1 is 1.09 bits per heavy atom. The summed E-state index contributed by atoms with van der Waals surface area (Å²) in [5.74, 6) is 0.494. The van der Waals surface area contributed by atoms with Gasteiger partial charge >= 0.3 is 0 Å². The topological polar surface area (TPSA) is 71.2 Å². The summed E-state index contributed by atoms with van der Waals surface area (Å²) in [6.45, 7) is 0. The first-order valence-corrected chi connectivity index (χ1v) is 11.2. The summed E-state index contributed by atoms with van der Waals surface area (Å²) < 4.78 is 31.2. The van der Waals surface area contributed by atoms with Crippen molar-refractivity contribution in [2.45, 2.75) is 37.9 Å². The zero-order chi connectivity index (χ0) is 23.3. The van der Waals surface area contributed by atoms with Gasteiger partial charge in [0.1, 0.15) is 17.7 Å². The number of hydrogen-bond acceptors (Lipinski definition) is 5. The summed E-state index contributed by atoms with van der Waals surface area (Å²) in [4.78, 5) is 13.7. The standard InChI is InChI=1S/C25H26F2N4O2/c1-30-8-7-15(11-24(30)33)17-13-22(32)18(12-19(17)26)20-5-6-23(29-28-20)31(2)21-10-14-3-4-16(9-14)25(21)27/h5-8,11-14,16,21,25,32H,3-4,9-10H2,1-2H3/t14-,16+,21+,25-/m0/s1. The minimum Gasteiger partial charge on any atom is -0.507 e. The molecule has 2 fully saturated rings. The fourth-order valence-corrected chi connectivity index (χ4v) is 5.31. The largest absolute Gasteiger partial charge is 0.507 e. The van der Waals surface area contributed by atoms with E-state index in [1.54, 1.807) is 31.4 Å². The molecule has 2 aromatic heterocycles. The first-order valence-electron chi connectivity index (χ1n) is 11.2. The number of fused-ring (bicyclic) bond motifs is 2. The molecule has 1 aromatic carbocycles. The Morgan fingerprint density at radius 2 is 1.91 bits per heavy atom. The second-order valence-electron chi connectivity index (χ2n) is 9.29. The molecule has 2 aliphatic rings. The third-order valence-electron chi connectivity index (χ3n) is 7.26. The Labute approximate surface area is 190 Å². The smallest absolute Gasteiger partial charge is 0.250 e. The van der Waals surface area contributed by atoms with E-state index in [4.69, 9.17) is 0 Å². The average Bonchev–Trinajstić information content (AvgIpc) is 3.22. The van der Waals surface area contributed by atoms with E-state index in [9.17, 15) is 18.7 Å². The maximum atomic E-state index is 15.0. The number of rotatable bonds is 4. The molecule has 3 aromatic rings. The lowest BCUT2D eigenvalue weighted by atomic mass is 9.83.